The molecule has 11 heteroatoms. The number of rotatable bonds is 8. The number of anilines is 2. The molecule has 10 nitrogen and oxygen atoms in total. The molecule has 3 N–H and O–H groups in total. The molecule has 3 atom stereocenters. The second kappa shape index (κ2) is 10.3. The van der Waals surface area contributed by atoms with E-state index in [-0.39, 0.29) is 24.6 Å². The number of amidine groups is 1. The van der Waals surface area contributed by atoms with Crippen LogP contribution in [0, 0.1) is 17.8 Å². The highest BCUT2D eigenvalue weighted by molar-refractivity contribution is 5.98. The lowest BCUT2D eigenvalue weighted by Crippen LogP contribution is -2.34. The zero-order chi connectivity index (χ0) is 25.5. The Kier molecular flexibility index (Phi) is 6.91. The van der Waals surface area contributed by atoms with Gasteiger partial charge in [-0.2, -0.15) is 4.98 Å². The summed E-state index contributed by atoms with van der Waals surface area (Å²) in [6.07, 6.45) is 9.01. The molecule has 1 unspecified atom stereocenters. The van der Waals surface area contributed by atoms with Crippen molar-refractivity contribution in [3.63, 3.8) is 0 Å². The fourth-order valence-corrected chi connectivity index (χ4v) is 6.30. The number of hydrogen-bond acceptors (Lipinski definition) is 9. The van der Waals surface area contributed by atoms with Crippen LogP contribution in [0.1, 0.15) is 77.5 Å². The van der Waals surface area contributed by atoms with Crippen molar-refractivity contribution < 1.29 is 14.3 Å². The average Bonchev–Trinajstić information content (AvgIpc) is 3.57. The second-order valence-corrected chi connectivity index (χ2v) is 11.5. The van der Waals surface area contributed by atoms with Gasteiger partial charge in [0.2, 0.25) is 11.8 Å². The molecule has 0 amide bonds. The van der Waals surface area contributed by atoms with Crippen LogP contribution in [0.15, 0.2) is 4.99 Å². The minimum Gasteiger partial charge on any atom is -0.365 e. The molecule has 4 aliphatic rings. The average molecular weight is 515 g/mol. The highest BCUT2D eigenvalue weighted by Crippen LogP contribution is 2.37. The summed E-state index contributed by atoms with van der Waals surface area (Å²) in [5, 5.41) is 13.4. The van der Waals surface area contributed by atoms with Gasteiger partial charge >= 0.3 is 0 Å². The summed E-state index contributed by atoms with van der Waals surface area (Å²) in [5.74, 6) is 4.01. The third kappa shape index (κ3) is 4.87. The predicted octanol–water partition coefficient (Wildman–Crippen LogP) is 3.75. The first-order valence-electron chi connectivity index (χ1n) is 14.1. The van der Waals surface area contributed by atoms with Gasteiger partial charge in [0.1, 0.15) is 12.2 Å². The van der Waals surface area contributed by atoms with E-state index in [1.165, 1.54) is 44.9 Å². The summed E-state index contributed by atoms with van der Waals surface area (Å²) < 4.78 is 16.3. The van der Waals surface area contributed by atoms with Gasteiger partial charge < -0.3 is 19.9 Å². The van der Waals surface area contributed by atoms with E-state index in [4.69, 9.17) is 19.8 Å². The quantitative estimate of drug-likeness (QED) is 0.488. The Labute approximate surface area is 217 Å². The van der Waals surface area contributed by atoms with E-state index in [0.29, 0.717) is 29.1 Å². The molecule has 1 saturated heterocycles. The second-order valence-electron chi connectivity index (χ2n) is 11.5. The molecule has 0 radical (unpaired) electrons. The zero-order valence-corrected chi connectivity index (χ0v) is 21.9. The Morgan fingerprint density at radius 2 is 1.92 bits per heavy atom. The highest BCUT2D eigenvalue weighted by atomic mass is 19.1. The molecule has 0 spiro atoms. The Balaban J connectivity index is 1.46. The van der Waals surface area contributed by atoms with Crippen molar-refractivity contribution in [3.8, 4) is 0 Å². The maximum Gasteiger partial charge on any atom is 0.280 e. The summed E-state index contributed by atoms with van der Waals surface area (Å²) in [6.45, 7) is 5.77. The normalized spacial score (nSPS) is 29.3. The third-order valence-electron chi connectivity index (χ3n) is 8.90. The maximum absolute atomic E-state index is 14.0. The lowest BCUT2D eigenvalue weighted by atomic mass is 9.80. The number of aliphatic hydroxyl groups excluding tert-OH is 1. The molecule has 2 saturated carbocycles. The van der Waals surface area contributed by atoms with Crippen molar-refractivity contribution in [2.45, 2.75) is 96.7 Å². The van der Waals surface area contributed by atoms with Crippen LogP contribution in [0.25, 0.3) is 11.2 Å². The minimum absolute atomic E-state index is 0.163. The number of hydroxylamine groups is 1. The first kappa shape index (κ1) is 24.8. The molecule has 2 aliphatic heterocycles. The fourth-order valence-electron chi connectivity index (χ4n) is 6.30. The number of aliphatic hydroxyl groups is 1. The summed E-state index contributed by atoms with van der Waals surface area (Å²) in [6, 6.07) is 0.0804. The van der Waals surface area contributed by atoms with Gasteiger partial charge in [0.05, 0.1) is 6.04 Å². The maximum atomic E-state index is 14.0. The summed E-state index contributed by atoms with van der Waals surface area (Å²) in [7, 11) is 0. The molecule has 0 bridgehead atoms. The van der Waals surface area contributed by atoms with Crippen LogP contribution in [0.5, 0.6) is 0 Å². The lowest BCUT2D eigenvalue weighted by Gasteiger charge is -2.33. The van der Waals surface area contributed by atoms with Crippen molar-refractivity contribution in [2.24, 2.45) is 22.7 Å². The molecule has 37 heavy (non-hydrogen) atoms. The van der Waals surface area contributed by atoms with Crippen LogP contribution >= 0.6 is 0 Å². The summed E-state index contributed by atoms with van der Waals surface area (Å²) in [4.78, 5) is 25.9. The van der Waals surface area contributed by atoms with E-state index in [1.807, 2.05) is 0 Å². The Morgan fingerprint density at radius 3 is 2.59 bits per heavy atom. The molecule has 2 aliphatic carbocycles. The first-order chi connectivity index (χ1) is 18.0. The first-order valence-corrected chi connectivity index (χ1v) is 14.1. The molecule has 4 heterocycles. The number of alkyl halides is 1. The van der Waals surface area contributed by atoms with Crippen LogP contribution in [-0.4, -0.2) is 62.2 Å². The fraction of sp³-hybridized carbons (Fsp3) is 0.769. The monoisotopic (exact) mass is 514 g/mol. The molecular formula is C26H39FN8O2. The number of imidazole rings is 1. The van der Waals surface area contributed by atoms with Gasteiger partial charge in [-0.3, -0.25) is 0 Å². The van der Waals surface area contributed by atoms with Gasteiger partial charge in [0, 0.05) is 19.1 Å². The molecule has 3 fully saturated rings. The van der Waals surface area contributed by atoms with E-state index in [9.17, 15) is 9.50 Å². The molecule has 202 valence electrons. The van der Waals surface area contributed by atoms with Crippen LogP contribution in [0.3, 0.4) is 0 Å². The molecule has 6 rings (SSSR count). The predicted molar refractivity (Wildman–Crippen MR) is 140 cm³/mol. The van der Waals surface area contributed by atoms with Gasteiger partial charge in [0.25, 0.3) is 6.41 Å². The summed E-state index contributed by atoms with van der Waals surface area (Å²) in [5.41, 5.74) is 4.06. The lowest BCUT2D eigenvalue weighted by molar-refractivity contribution is -0.102. The van der Waals surface area contributed by atoms with Crippen LogP contribution in [0.4, 0.5) is 16.2 Å². The van der Waals surface area contributed by atoms with E-state index < -0.39 is 6.41 Å². The summed E-state index contributed by atoms with van der Waals surface area (Å²) >= 11 is 0. The van der Waals surface area contributed by atoms with Crippen molar-refractivity contribution in [1.82, 2.24) is 25.0 Å². The van der Waals surface area contributed by atoms with Gasteiger partial charge in [-0.1, -0.05) is 26.2 Å². The van der Waals surface area contributed by atoms with E-state index in [2.05, 4.69) is 39.1 Å². The largest absolute Gasteiger partial charge is 0.365 e. The Bertz CT molecular complexity index is 1140. The zero-order valence-electron chi connectivity index (χ0n) is 21.9. The number of nitrogens with one attached hydrogen (secondary N) is 2. The van der Waals surface area contributed by atoms with Crippen molar-refractivity contribution in [2.75, 3.05) is 23.4 Å². The van der Waals surface area contributed by atoms with Crippen molar-refractivity contribution >= 4 is 28.8 Å². The third-order valence-corrected chi connectivity index (χ3v) is 8.90. The molecule has 2 aromatic heterocycles. The number of nitrogens with zero attached hydrogens (tertiary/aromatic N) is 6. The highest BCUT2D eigenvalue weighted by Gasteiger charge is 2.33. The number of aromatic nitrogens is 4. The van der Waals surface area contributed by atoms with Crippen molar-refractivity contribution in [1.29, 1.82) is 0 Å². The Morgan fingerprint density at radius 1 is 1.11 bits per heavy atom. The van der Waals surface area contributed by atoms with E-state index in [0.717, 1.165) is 43.3 Å². The molecule has 2 aromatic rings. The molecule has 0 aromatic carbocycles. The standard InChI is InChI=1S/C26H39FN8O2/c1-15-8-10-17(11-9-15)14-35-20-21(28-16(2)18-5-3-6-18)29-23(24-32-26(36)37-33-24)30-22(20)31-25(35)34-12-4-7-19(34)13-27/h15-19,26,36H,3-14H2,1-2H3,(H,32,33)(H,28,29,30)/t15?,16-,17?,19+,26?/m1/s1. The van der Waals surface area contributed by atoms with Gasteiger partial charge in [-0.05, 0) is 63.2 Å². The number of hydrogen-bond donors (Lipinski definition) is 3. The number of halogens is 1. The number of aliphatic imine (C=N–C) groups is 1. The van der Waals surface area contributed by atoms with E-state index in [1.54, 1.807) is 0 Å². The van der Waals surface area contributed by atoms with Gasteiger partial charge in [-0.15, -0.1) is 0 Å². The van der Waals surface area contributed by atoms with Crippen molar-refractivity contribution in [3.05, 3.63) is 5.82 Å². The number of fused-ring (bicyclic) bond motifs is 1. The minimum atomic E-state index is -1.30. The van der Waals surface area contributed by atoms with Crippen LogP contribution < -0.4 is 15.7 Å². The van der Waals surface area contributed by atoms with Gasteiger partial charge in [0.15, 0.2) is 17.3 Å². The van der Waals surface area contributed by atoms with E-state index >= 15 is 0 Å². The SMILES string of the molecule is CC1CCC(Cn2c(N3CCC[C@H]3CF)nc3nc(C4=NC(O)ON4)nc(N[C@H](C)C4CCC4)c32)CC1. The van der Waals surface area contributed by atoms with Gasteiger partial charge in [-0.25, -0.2) is 29.7 Å². The smallest absolute Gasteiger partial charge is 0.280 e. The molecular weight excluding hydrogens is 475 g/mol. The topological polar surface area (TPSA) is 113 Å². The van der Waals surface area contributed by atoms with Crippen LogP contribution in [-0.2, 0) is 11.4 Å². The Hall–Kier alpha value is -2.53. The van der Waals surface area contributed by atoms with Crippen LogP contribution in [0.2, 0.25) is 0 Å².